The van der Waals surface area contributed by atoms with Gasteiger partial charge in [0.1, 0.15) is 11.5 Å². The number of hydrogen-bond acceptors (Lipinski definition) is 4. The second-order valence-corrected chi connectivity index (χ2v) is 4.22. The van der Waals surface area contributed by atoms with E-state index in [2.05, 4.69) is 10.6 Å². The Morgan fingerprint density at radius 2 is 2.24 bits per heavy atom. The van der Waals surface area contributed by atoms with Crippen molar-refractivity contribution >= 4 is 5.91 Å². The number of benzene rings is 1. The Morgan fingerprint density at radius 1 is 1.41 bits per heavy atom. The van der Waals surface area contributed by atoms with Gasteiger partial charge in [0.05, 0.1) is 5.56 Å². The zero-order valence-corrected chi connectivity index (χ0v) is 9.44. The van der Waals surface area contributed by atoms with Crippen LogP contribution in [0.1, 0.15) is 23.2 Å². The molecule has 1 fully saturated rings. The van der Waals surface area contributed by atoms with E-state index in [0.717, 1.165) is 25.9 Å². The highest BCUT2D eigenvalue weighted by molar-refractivity contribution is 5.97. The average Bonchev–Trinajstić information content (AvgIpc) is 2.33. The molecule has 0 radical (unpaired) electrons. The van der Waals surface area contributed by atoms with E-state index in [4.69, 9.17) is 0 Å². The summed E-state index contributed by atoms with van der Waals surface area (Å²) in [6, 6.07) is 4.00. The third-order valence-corrected chi connectivity index (χ3v) is 2.86. The minimum Gasteiger partial charge on any atom is -0.508 e. The molecule has 1 aromatic carbocycles. The molecule has 1 saturated heterocycles. The summed E-state index contributed by atoms with van der Waals surface area (Å²) in [5, 5.41) is 24.9. The lowest BCUT2D eigenvalue weighted by Crippen LogP contribution is -2.45. The summed E-state index contributed by atoms with van der Waals surface area (Å²) >= 11 is 0. The number of amides is 1. The van der Waals surface area contributed by atoms with Crippen LogP contribution in [0.3, 0.4) is 0 Å². The zero-order chi connectivity index (χ0) is 12.3. The fourth-order valence-corrected chi connectivity index (χ4v) is 1.94. The fourth-order valence-electron chi connectivity index (χ4n) is 1.94. The maximum atomic E-state index is 11.9. The molecule has 0 unspecified atom stereocenters. The standard InChI is InChI=1S/C12H16N2O3/c15-9-3-4-11(16)10(6-9)12(17)14-8-2-1-5-13-7-8/h3-4,6,8,13,15-16H,1-2,5,7H2,(H,14,17)/t8-/m1/s1. The predicted octanol–water partition coefficient (Wildman–Crippen LogP) is 0.580. The van der Waals surface area contributed by atoms with Gasteiger partial charge in [-0.15, -0.1) is 0 Å². The summed E-state index contributed by atoms with van der Waals surface area (Å²) in [6.45, 7) is 1.72. The lowest BCUT2D eigenvalue weighted by molar-refractivity contribution is 0.0927. The number of rotatable bonds is 2. The molecule has 1 aliphatic rings. The number of aromatic hydroxyl groups is 2. The first-order chi connectivity index (χ1) is 8.16. The first-order valence-electron chi connectivity index (χ1n) is 5.70. The van der Waals surface area contributed by atoms with Gasteiger partial charge >= 0.3 is 0 Å². The SMILES string of the molecule is O=C(N[C@@H]1CCCNC1)c1cc(O)ccc1O. The molecule has 0 saturated carbocycles. The summed E-state index contributed by atoms with van der Waals surface area (Å²) in [4.78, 5) is 11.9. The average molecular weight is 236 g/mol. The summed E-state index contributed by atoms with van der Waals surface area (Å²) in [7, 11) is 0. The number of phenolic OH excluding ortho intramolecular Hbond substituents is 2. The predicted molar refractivity (Wildman–Crippen MR) is 63.1 cm³/mol. The summed E-state index contributed by atoms with van der Waals surface area (Å²) in [5.74, 6) is -0.508. The van der Waals surface area contributed by atoms with E-state index >= 15 is 0 Å². The fraction of sp³-hybridized carbons (Fsp3) is 0.417. The minimum absolute atomic E-state index is 0.0327. The highest BCUT2D eigenvalue weighted by atomic mass is 16.3. The van der Waals surface area contributed by atoms with E-state index in [1.807, 2.05) is 0 Å². The Balaban J connectivity index is 2.05. The molecule has 0 bridgehead atoms. The highest BCUT2D eigenvalue weighted by Crippen LogP contribution is 2.22. The molecule has 2 rings (SSSR count). The van der Waals surface area contributed by atoms with Crippen molar-refractivity contribution in [3.05, 3.63) is 23.8 Å². The molecule has 5 nitrogen and oxygen atoms in total. The molecule has 0 spiro atoms. The molecule has 1 aliphatic heterocycles. The van der Waals surface area contributed by atoms with Crippen LogP contribution in [0.2, 0.25) is 0 Å². The van der Waals surface area contributed by atoms with Crippen LogP contribution in [0, 0.1) is 0 Å². The third kappa shape index (κ3) is 2.88. The van der Waals surface area contributed by atoms with Gasteiger partial charge in [-0.2, -0.15) is 0 Å². The van der Waals surface area contributed by atoms with Crippen LogP contribution in [0.5, 0.6) is 11.5 Å². The lowest BCUT2D eigenvalue weighted by Gasteiger charge is -2.23. The maximum Gasteiger partial charge on any atom is 0.255 e. The number of hydrogen-bond donors (Lipinski definition) is 4. The van der Waals surface area contributed by atoms with Crippen molar-refractivity contribution < 1.29 is 15.0 Å². The van der Waals surface area contributed by atoms with Crippen LogP contribution < -0.4 is 10.6 Å². The summed E-state index contributed by atoms with van der Waals surface area (Å²) in [5.41, 5.74) is 0.107. The number of nitrogens with one attached hydrogen (secondary N) is 2. The van der Waals surface area contributed by atoms with Gasteiger partial charge in [0.25, 0.3) is 5.91 Å². The Morgan fingerprint density at radius 3 is 2.94 bits per heavy atom. The first-order valence-corrected chi connectivity index (χ1v) is 5.70. The van der Waals surface area contributed by atoms with Gasteiger partial charge in [0, 0.05) is 12.6 Å². The largest absolute Gasteiger partial charge is 0.508 e. The number of phenols is 2. The van der Waals surface area contributed by atoms with Gasteiger partial charge in [-0.25, -0.2) is 0 Å². The van der Waals surface area contributed by atoms with Crippen LogP contribution in [0.15, 0.2) is 18.2 Å². The summed E-state index contributed by atoms with van der Waals surface area (Å²) in [6.07, 6.45) is 1.95. The molecule has 0 aliphatic carbocycles. The van der Waals surface area contributed by atoms with Crippen molar-refractivity contribution in [1.82, 2.24) is 10.6 Å². The van der Waals surface area contributed by atoms with E-state index in [0.29, 0.717) is 0 Å². The number of carbonyl (C=O) groups is 1. The molecular formula is C12H16N2O3. The van der Waals surface area contributed by atoms with E-state index in [9.17, 15) is 15.0 Å². The van der Waals surface area contributed by atoms with Crippen molar-refractivity contribution in [3.8, 4) is 11.5 Å². The molecule has 5 heteroatoms. The molecule has 1 amide bonds. The minimum atomic E-state index is -0.355. The number of carbonyl (C=O) groups excluding carboxylic acids is 1. The second-order valence-electron chi connectivity index (χ2n) is 4.22. The Kier molecular flexibility index (Phi) is 3.49. The van der Waals surface area contributed by atoms with Gasteiger partial charge < -0.3 is 20.8 Å². The highest BCUT2D eigenvalue weighted by Gasteiger charge is 2.18. The van der Waals surface area contributed by atoms with Gasteiger partial charge in [-0.1, -0.05) is 0 Å². The van der Waals surface area contributed by atoms with Crippen molar-refractivity contribution in [3.63, 3.8) is 0 Å². The van der Waals surface area contributed by atoms with Crippen molar-refractivity contribution in [2.45, 2.75) is 18.9 Å². The van der Waals surface area contributed by atoms with E-state index in [1.165, 1.54) is 18.2 Å². The molecule has 1 atom stereocenters. The van der Waals surface area contributed by atoms with Gasteiger partial charge in [-0.05, 0) is 37.6 Å². The van der Waals surface area contributed by atoms with Gasteiger partial charge in [0.15, 0.2) is 0 Å². The van der Waals surface area contributed by atoms with Crippen molar-refractivity contribution in [2.24, 2.45) is 0 Å². The second kappa shape index (κ2) is 5.05. The first kappa shape index (κ1) is 11.7. The molecule has 4 N–H and O–H groups in total. The molecule has 0 aromatic heterocycles. The normalized spacial score (nSPS) is 19.9. The van der Waals surface area contributed by atoms with Gasteiger partial charge in [0.2, 0.25) is 0 Å². The van der Waals surface area contributed by atoms with Crippen LogP contribution >= 0.6 is 0 Å². The van der Waals surface area contributed by atoms with Crippen molar-refractivity contribution in [2.75, 3.05) is 13.1 Å². The van der Waals surface area contributed by atoms with E-state index in [1.54, 1.807) is 0 Å². The van der Waals surface area contributed by atoms with Crippen LogP contribution in [-0.4, -0.2) is 35.3 Å². The zero-order valence-electron chi connectivity index (χ0n) is 9.44. The molecular weight excluding hydrogens is 220 g/mol. The Labute approximate surface area is 99.5 Å². The third-order valence-electron chi connectivity index (χ3n) is 2.86. The Hall–Kier alpha value is -1.75. The topological polar surface area (TPSA) is 81.6 Å². The van der Waals surface area contributed by atoms with Crippen LogP contribution in [0.25, 0.3) is 0 Å². The van der Waals surface area contributed by atoms with Crippen molar-refractivity contribution in [1.29, 1.82) is 0 Å². The number of piperidine rings is 1. The van der Waals surface area contributed by atoms with Crippen LogP contribution in [0.4, 0.5) is 0 Å². The smallest absolute Gasteiger partial charge is 0.255 e. The monoisotopic (exact) mass is 236 g/mol. The van der Waals surface area contributed by atoms with E-state index < -0.39 is 0 Å². The van der Waals surface area contributed by atoms with Gasteiger partial charge in [-0.3, -0.25) is 4.79 Å². The molecule has 1 aromatic rings. The lowest BCUT2D eigenvalue weighted by atomic mass is 10.1. The van der Waals surface area contributed by atoms with E-state index in [-0.39, 0.29) is 29.0 Å². The van der Waals surface area contributed by atoms with Crippen LogP contribution in [-0.2, 0) is 0 Å². The summed E-state index contributed by atoms with van der Waals surface area (Å²) < 4.78 is 0. The molecule has 92 valence electrons. The molecule has 1 heterocycles. The Bertz CT molecular complexity index is 414. The molecule has 17 heavy (non-hydrogen) atoms. The quantitative estimate of drug-likeness (QED) is 0.566. The maximum absolute atomic E-state index is 11.9.